The molecule has 0 amide bonds. The predicted octanol–water partition coefficient (Wildman–Crippen LogP) is 3.67. The van der Waals surface area contributed by atoms with Crippen LogP contribution < -0.4 is 4.74 Å². The number of esters is 2. The van der Waals surface area contributed by atoms with Crippen LogP contribution >= 0.6 is 23.2 Å². The maximum atomic E-state index is 11.4. The molecule has 0 aliphatic rings. The van der Waals surface area contributed by atoms with Gasteiger partial charge in [-0.15, -0.1) is 0 Å². The van der Waals surface area contributed by atoms with E-state index in [1.54, 1.807) is 0 Å². The summed E-state index contributed by atoms with van der Waals surface area (Å²) in [5, 5.41) is 0.456. The third-order valence-electron chi connectivity index (χ3n) is 2.62. The quantitative estimate of drug-likeness (QED) is 0.408. The summed E-state index contributed by atoms with van der Waals surface area (Å²) < 4.78 is 14.9. The van der Waals surface area contributed by atoms with Gasteiger partial charge in [0.15, 0.2) is 5.75 Å². The molecule has 0 unspecified atom stereocenters. The zero-order valence-corrected chi connectivity index (χ0v) is 13.6. The van der Waals surface area contributed by atoms with Crippen molar-refractivity contribution in [2.75, 3.05) is 20.3 Å². The summed E-state index contributed by atoms with van der Waals surface area (Å²) >= 11 is 12.1. The highest BCUT2D eigenvalue weighted by molar-refractivity contribution is 6.37. The van der Waals surface area contributed by atoms with Gasteiger partial charge in [-0.1, -0.05) is 29.8 Å². The summed E-state index contributed by atoms with van der Waals surface area (Å²) in [7, 11) is 1.27. The van der Waals surface area contributed by atoms with Gasteiger partial charge < -0.3 is 14.2 Å². The van der Waals surface area contributed by atoms with Crippen LogP contribution in [0.5, 0.6) is 5.75 Å². The number of unbranched alkanes of at least 4 members (excludes halogenated alkanes) is 1. The first-order valence-corrected chi connectivity index (χ1v) is 7.24. The number of carbonyl (C=O) groups is 2. The second kappa shape index (κ2) is 9.33. The highest BCUT2D eigenvalue weighted by Gasteiger charge is 2.14. The first-order valence-electron chi connectivity index (χ1n) is 6.49. The number of halogens is 2. The van der Waals surface area contributed by atoms with E-state index in [2.05, 4.69) is 11.3 Å². The summed E-state index contributed by atoms with van der Waals surface area (Å²) in [4.78, 5) is 22.2. The Labute approximate surface area is 138 Å². The van der Waals surface area contributed by atoms with Crippen molar-refractivity contribution in [1.29, 1.82) is 0 Å². The first kappa shape index (κ1) is 18.3. The van der Waals surface area contributed by atoms with Gasteiger partial charge in [-0.3, -0.25) is 0 Å². The molecule has 0 saturated carbocycles. The summed E-state index contributed by atoms with van der Waals surface area (Å²) in [5.74, 6) is -0.677. The van der Waals surface area contributed by atoms with Gasteiger partial charge in [-0.25, -0.2) is 9.59 Å². The van der Waals surface area contributed by atoms with Crippen molar-refractivity contribution in [3.05, 3.63) is 40.4 Å². The minimum Gasteiger partial charge on any atom is -0.490 e. The van der Waals surface area contributed by atoms with Crippen LogP contribution in [0, 0.1) is 0 Å². The molecule has 1 aromatic carbocycles. The van der Waals surface area contributed by atoms with Gasteiger partial charge in [0, 0.05) is 6.08 Å². The standard InChI is InChI=1S/C15H16Cl2O5/c1-3-13(18)21-6-4-5-7-22-14-11(16)8-10(9-12(14)17)15(19)20-2/h3,8-9H,1,4-7H2,2H3. The summed E-state index contributed by atoms with van der Waals surface area (Å²) in [6.07, 6.45) is 2.39. The van der Waals surface area contributed by atoms with Crippen molar-refractivity contribution in [3.8, 4) is 5.75 Å². The van der Waals surface area contributed by atoms with Crippen LogP contribution in [0.4, 0.5) is 0 Å². The molecule has 0 N–H and O–H groups in total. The Morgan fingerprint density at radius 3 is 2.32 bits per heavy atom. The van der Waals surface area contributed by atoms with Crippen LogP contribution in [0.15, 0.2) is 24.8 Å². The van der Waals surface area contributed by atoms with Crippen LogP contribution in [0.3, 0.4) is 0 Å². The second-order valence-corrected chi connectivity index (χ2v) is 5.00. The lowest BCUT2D eigenvalue weighted by atomic mass is 10.2. The van der Waals surface area contributed by atoms with Gasteiger partial charge in [0.1, 0.15) is 0 Å². The number of rotatable bonds is 8. The van der Waals surface area contributed by atoms with Crippen LogP contribution in [-0.4, -0.2) is 32.3 Å². The number of hydrogen-bond donors (Lipinski definition) is 0. The highest BCUT2D eigenvalue weighted by Crippen LogP contribution is 2.34. The minimum absolute atomic E-state index is 0.228. The van der Waals surface area contributed by atoms with E-state index >= 15 is 0 Å². The number of ether oxygens (including phenoxy) is 3. The zero-order valence-electron chi connectivity index (χ0n) is 12.1. The SMILES string of the molecule is C=CC(=O)OCCCCOc1c(Cl)cc(C(=O)OC)cc1Cl. The third kappa shape index (κ3) is 5.58. The van der Waals surface area contributed by atoms with E-state index in [-0.39, 0.29) is 22.2 Å². The van der Waals surface area contributed by atoms with Gasteiger partial charge in [0.25, 0.3) is 0 Å². The highest BCUT2D eigenvalue weighted by atomic mass is 35.5. The molecular formula is C15H16Cl2O5. The van der Waals surface area contributed by atoms with Gasteiger partial charge >= 0.3 is 11.9 Å². The fraction of sp³-hybridized carbons (Fsp3) is 0.333. The Bertz CT molecular complexity index is 534. The molecule has 0 aliphatic heterocycles. The first-order chi connectivity index (χ1) is 10.5. The monoisotopic (exact) mass is 346 g/mol. The van der Waals surface area contributed by atoms with Crippen molar-refractivity contribution in [2.24, 2.45) is 0 Å². The smallest absolute Gasteiger partial charge is 0.337 e. The van der Waals surface area contributed by atoms with Crippen molar-refractivity contribution < 1.29 is 23.8 Å². The van der Waals surface area contributed by atoms with Crippen molar-refractivity contribution in [2.45, 2.75) is 12.8 Å². The maximum Gasteiger partial charge on any atom is 0.337 e. The van der Waals surface area contributed by atoms with Crippen LogP contribution in [-0.2, 0) is 14.3 Å². The molecule has 0 saturated heterocycles. The molecule has 1 rings (SSSR count). The molecule has 0 aromatic heterocycles. The molecule has 0 spiro atoms. The third-order valence-corrected chi connectivity index (χ3v) is 3.18. The number of carbonyl (C=O) groups excluding carboxylic acids is 2. The summed E-state index contributed by atoms with van der Waals surface area (Å²) in [6, 6.07) is 2.86. The average molecular weight is 347 g/mol. The Morgan fingerprint density at radius 2 is 1.77 bits per heavy atom. The molecule has 0 atom stereocenters. The molecule has 7 heteroatoms. The summed E-state index contributed by atoms with van der Waals surface area (Å²) in [6.45, 7) is 3.94. The number of methoxy groups -OCH3 is 1. The zero-order chi connectivity index (χ0) is 16.5. The molecule has 1 aromatic rings. The minimum atomic E-state index is -0.528. The molecule has 0 radical (unpaired) electrons. The van der Waals surface area contributed by atoms with Gasteiger partial charge in [-0.2, -0.15) is 0 Å². The van der Waals surface area contributed by atoms with Gasteiger partial charge in [-0.05, 0) is 25.0 Å². The lowest BCUT2D eigenvalue weighted by Gasteiger charge is -2.11. The van der Waals surface area contributed by atoms with Crippen LogP contribution in [0.2, 0.25) is 10.0 Å². The van der Waals surface area contributed by atoms with Crippen molar-refractivity contribution in [3.63, 3.8) is 0 Å². The van der Waals surface area contributed by atoms with Crippen LogP contribution in [0.1, 0.15) is 23.2 Å². The molecule has 120 valence electrons. The second-order valence-electron chi connectivity index (χ2n) is 4.19. The topological polar surface area (TPSA) is 61.8 Å². The Morgan fingerprint density at radius 1 is 1.18 bits per heavy atom. The molecule has 0 heterocycles. The molecule has 22 heavy (non-hydrogen) atoms. The molecular weight excluding hydrogens is 331 g/mol. The van der Waals surface area contributed by atoms with E-state index < -0.39 is 11.9 Å². The number of hydrogen-bond acceptors (Lipinski definition) is 5. The molecule has 5 nitrogen and oxygen atoms in total. The van der Waals surface area contributed by atoms with E-state index in [0.29, 0.717) is 25.2 Å². The lowest BCUT2D eigenvalue weighted by molar-refractivity contribution is -0.137. The largest absolute Gasteiger partial charge is 0.490 e. The van der Waals surface area contributed by atoms with Gasteiger partial charge in [0.05, 0.1) is 35.9 Å². The Balaban J connectivity index is 2.48. The van der Waals surface area contributed by atoms with E-state index in [9.17, 15) is 9.59 Å². The lowest BCUT2D eigenvalue weighted by Crippen LogP contribution is -2.05. The average Bonchev–Trinajstić information content (AvgIpc) is 2.51. The fourth-order valence-electron chi connectivity index (χ4n) is 1.54. The van der Waals surface area contributed by atoms with Gasteiger partial charge in [0.2, 0.25) is 0 Å². The normalized spacial score (nSPS) is 9.95. The van der Waals surface area contributed by atoms with E-state index in [1.807, 2.05) is 0 Å². The Kier molecular flexibility index (Phi) is 7.77. The summed E-state index contributed by atoms with van der Waals surface area (Å²) in [5.41, 5.74) is 0.251. The number of benzene rings is 1. The predicted molar refractivity (Wildman–Crippen MR) is 83.7 cm³/mol. The van der Waals surface area contributed by atoms with Crippen molar-refractivity contribution >= 4 is 35.1 Å². The van der Waals surface area contributed by atoms with E-state index in [4.69, 9.17) is 32.7 Å². The maximum absolute atomic E-state index is 11.4. The van der Waals surface area contributed by atoms with E-state index in [1.165, 1.54) is 19.2 Å². The fourth-order valence-corrected chi connectivity index (χ4v) is 2.14. The van der Waals surface area contributed by atoms with Crippen molar-refractivity contribution in [1.82, 2.24) is 0 Å². The van der Waals surface area contributed by atoms with E-state index in [0.717, 1.165) is 6.08 Å². The Hall–Kier alpha value is -1.72. The molecule has 0 aliphatic carbocycles. The molecule has 0 bridgehead atoms. The molecule has 0 fully saturated rings. The van der Waals surface area contributed by atoms with Crippen LogP contribution in [0.25, 0.3) is 0 Å².